The molecule has 0 saturated heterocycles. The Morgan fingerprint density at radius 3 is 0.933 bits per heavy atom. The molecule has 0 saturated carbocycles. The van der Waals surface area contributed by atoms with Crippen LogP contribution in [0.3, 0.4) is 0 Å². The summed E-state index contributed by atoms with van der Waals surface area (Å²) in [6.45, 7) is 0. The van der Waals surface area contributed by atoms with Gasteiger partial charge in [0.1, 0.15) is 0 Å². The van der Waals surface area contributed by atoms with Crippen LogP contribution in [0.25, 0.3) is 0 Å². The van der Waals surface area contributed by atoms with Gasteiger partial charge in [-0.25, -0.2) is 0 Å². The fraction of sp³-hybridized carbons (Fsp3) is 0. The van der Waals surface area contributed by atoms with Crippen molar-refractivity contribution in [3.05, 3.63) is 0 Å². The molecule has 0 aliphatic heterocycles. The molecule has 0 spiro atoms. The second-order valence-electron chi connectivity index (χ2n) is 1.14. The van der Waals surface area contributed by atoms with E-state index in [0.29, 0.717) is 0 Å². The molecular weight excluding hydrogens is 293 g/mol. The maximum Gasteiger partial charge on any atom is 2.00 e. The van der Waals surface area contributed by atoms with Gasteiger partial charge in [0, 0.05) is 10.4 Å². The summed E-state index contributed by atoms with van der Waals surface area (Å²) in [5.41, 5.74) is 0. The van der Waals surface area contributed by atoms with Crippen LogP contribution in [0.4, 0.5) is 0 Å². The van der Waals surface area contributed by atoms with Gasteiger partial charge in [-0.2, -0.15) is 8.42 Å². The predicted molar refractivity (Wildman–Crippen MR) is 41.3 cm³/mol. The van der Waals surface area contributed by atoms with Crippen molar-refractivity contribution in [2.24, 2.45) is 0 Å². The molecule has 11 nitrogen and oxygen atoms in total. The number of rotatable bonds is 0. The van der Waals surface area contributed by atoms with E-state index in [0.717, 1.165) is 0 Å². The smallest absolute Gasteiger partial charge is 0.759 e. The van der Waals surface area contributed by atoms with Crippen LogP contribution in [0.15, 0.2) is 0 Å². The Kier molecular flexibility index (Phi) is 17.3. The average molecular weight is 297 g/mol. The zero-order valence-corrected chi connectivity index (χ0v) is 10.7. The van der Waals surface area contributed by atoms with Crippen molar-refractivity contribution < 1.29 is 49.1 Å². The van der Waals surface area contributed by atoms with Gasteiger partial charge in [-0.05, 0) is 0 Å². The van der Waals surface area contributed by atoms with Gasteiger partial charge in [0.2, 0.25) is 0 Å². The number of hydrogen-bond acceptors (Lipinski definition) is 7. The first-order valence-corrected chi connectivity index (χ1v) is 6.05. The largest absolute Gasteiger partial charge is 2.00 e. The minimum absolute atomic E-state index is 0. The summed E-state index contributed by atoms with van der Waals surface area (Å²) < 4.78 is 74.4. The van der Waals surface area contributed by atoms with Crippen molar-refractivity contribution in [2.45, 2.75) is 0 Å². The molecule has 0 aromatic carbocycles. The molecule has 0 rings (SSSR count). The fourth-order valence-corrected chi connectivity index (χ4v) is 0. The van der Waals surface area contributed by atoms with Gasteiger partial charge >= 0.3 is 42.6 Å². The van der Waals surface area contributed by atoms with Gasteiger partial charge in [-0.3, -0.25) is 22.0 Å². The van der Waals surface area contributed by atoms with Crippen LogP contribution in [0.2, 0.25) is 0 Å². The molecular formula is H4MgO11S2Si. The van der Waals surface area contributed by atoms with Crippen molar-refractivity contribution in [1.29, 1.82) is 0 Å². The van der Waals surface area contributed by atoms with Crippen LogP contribution in [0.5, 0.6) is 0 Å². The van der Waals surface area contributed by atoms with E-state index in [9.17, 15) is 0 Å². The predicted octanol–water partition coefficient (Wildman–Crippen LogP) is -3.99. The minimum Gasteiger partial charge on any atom is -0.759 e. The van der Waals surface area contributed by atoms with Crippen LogP contribution in [-0.4, -0.2) is 76.9 Å². The first-order valence-electron chi connectivity index (χ1n) is 2.02. The molecule has 0 bridgehead atoms. The molecule has 0 radical (unpaired) electrons. The Bertz CT molecular complexity index is 285. The van der Waals surface area contributed by atoms with E-state index in [2.05, 4.69) is 0 Å². The van der Waals surface area contributed by atoms with Crippen molar-refractivity contribution in [1.82, 2.24) is 0 Å². The van der Waals surface area contributed by atoms with E-state index in [1.807, 2.05) is 0 Å². The van der Waals surface area contributed by atoms with Crippen LogP contribution < -0.4 is 0 Å². The molecule has 0 heterocycles. The quantitative estimate of drug-likeness (QED) is 0.192. The molecule has 0 aliphatic rings. The standard InChI is InChI=1S/Mg.2H2O4S.H2O3Si/c;2*1-5(2,3)4;1-4(2)3/h;2*(H2,1,2,3,4);1-2H/q+2;;;/p-2. The fourth-order valence-electron chi connectivity index (χ4n) is 0. The molecule has 0 unspecified atom stereocenters. The van der Waals surface area contributed by atoms with Crippen molar-refractivity contribution >= 4 is 53.0 Å². The Hall–Kier alpha value is 0.123. The van der Waals surface area contributed by atoms with Gasteiger partial charge < -0.3 is 18.7 Å². The maximum atomic E-state index is 8.74. The molecule has 15 heavy (non-hydrogen) atoms. The van der Waals surface area contributed by atoms with E-state index in [1.165, 1.54) is 0 Å². The van der Waals surface area contributed by atoms with E-state index >= 15 is 0 Å². The molecule has 4 N–H and O–H groups in total. The Morgan fingerprint density at radius 1 is 0.933 bits per heavy atom. The van der Waals surface area contributed by atoms with Gasteiger partial charge in [-0.15, -0.1) is 0 Å². The Labute approximate surface area is 102 Å². The van der Waals surface area contributed by atoms with E-state index in [-0.39, 0.29) is 23.1 Å². The topological polar surface area (TPSA) is 212 Å². The summed E-state index contributed by atoms with van der Waals surface area (Å²) in [6.07, 6.45) is 0. The summed E-state index contributed by atoms with van der Waals surface area (Å²) in [5, 5.41) is 0. The van der Waals surface area contributed by atoms with Crippen molar-refractivity contribution in [3.63, 3.8) is 0 Å². The zero-order chi connectivity index (χ0) is 12.6. The molecule has 0 amide bonds. The van der Waals surface area contributed by atoms with E-state index < -0.39 is 30.0 Å². The Balaban J connectivity index is -0.0000000590. The first-order chi connectivity index (χ1) is 5.73. The molecule has 0 aromatic heterocycles. The van der Waals surface area contributed by atoms with Crippen LogP contribution in [-0.2, 0) is 25.3 Å². The van der Waals surface area contributed by atoms with Gasteiger partial charge in [-0.1, -0.05) is 0 Å². The van der Waals surface area contributed by atoms with Crippen LogP contribution in [0.1, 0.15) is 0 Å². The van der Waals surface area contributed by atoms with E-state index in [4.69, 9.17) is 49.1 Å². The van der Waals surface area contributed by atoms with Crippen molar-refractivity contribution in [3.8, 4) is 0 Å². The zero-order valence-electron chi connectivity index (χ0n) is 6.67. The third-order valence-electron chi connectivity index (χ3n) is 0. The average Bonchev–Trinajstić information content (AvgIpc) is 1.45. The maximum absolute atomic E-state index is 8.74. The third kappa shape index (κ3) is 137000. The summed E-state index contributed by atoms with van der Waals surface area (Å²) >= 11 is 0. The second kappa shape index (κ2) is 10.6. The van der Waals surface area contributed by atoms with Crippen LogP contribution >= 0.6 is 0 Å². The van der Waals surface area contributed by atoms with Gasteiger partial charge in [0.05, 0.1) is 0 Å². The molecule has 0 aliphatic carbocycles. The molecule has 0 fully saturated rings. The third-order valence-corrected chi connectivity index (χ3v) is 0. The minimum atomic E-state index is -5.17. The normalized spacial score (nSPS) is 9.33. The summed E-state index contributed by atoms with van der Waals surface area (Å²) in [7, 11) is -13.0. The van der Waals surface area contributed by atoms with Crippen molar-refractivity contribution in [2.75, 3.05) is 0 Å². The molecule has 15 heteroatoms. The first kappa shape index (κ1) is 24.4. The monoisotopic (exact) mass is 296 g/mol. The molecule has 88 valence electrons. The summed E-state index contributed by atoms with van der Waals surface area (Å²) in [5.74, 6) is 0. The van der Waals surface area contributed by atoms with E-state index in [1.54, 1.807) is 0 Å². The SMILES string of the molecule is O=S(=O)(O)O.O=S(=O)([O-])[O-].O=[Si](O)O.[Mg+2]. The summed E-state index contributed by atoms with van der Waals surface area (Å²) in [4.78, 5) is 14.3. The van der Waals surface area contributed by atoms with Gasteiger partial charge in [0.25, 0.3) is 0 Å². The molecule has 0 aromatic rings. The number of hydrogen-bond donors (Lipinski definition) is 4. The van der Waals surface area contributed by atoms with Crippen LogP contribution in [0, 0.1) is 0 Å². The summed E-state index contributed by atoms with van der Waals surface area (Å²) in [6, 6.07) is 0. The second-order valence-corrected chi connectivity index (χ2v) is 3.42. The Morgan fingerprint density at radius 2 is 0.933 bits per heavy atom. The molecule has 0 atom stereocenters. The van der Waals surface area contributed by atoms with Gasteiger partial charge in [0.15, 0.2) is 0 Å².